The number of carbonyl (C=O) groups is 1. The van der Waals surface area contributed by atoms with Gasteiger partial charge in [-0.1, -0.05) is 5.92 Å². The van der Waals surface area contributed by atoms with E-state index in [-0.39, 0.29) is 5.75 Å². The van der Waals surface area contributed by atoms with Gasteiger partial charge in [-0.25, -0.2) is 9.18 Å². The summed E-state index contributed by atoms with van der Waals surface area (Å²) in [6.07, 6.45) is 4.23. The standard InChI is InChI=1S/C17H13FO4/c1-3-12-4-9-16(15(18)10-12)22-14-7-5-13(6-8-14)21-11(2)17(19)20/h1,4-11H,2H3,(H,19,20). The van der Waals surface area contributed by atoms with Crippen LogP contribution in [0.3, 0.4) is 0 Å². The van der Waals surface area contributed by atoms with Crippen LogP contribution in [0.1, 0.15) is 12.5 Å². The summed E-state index contributed by atoms with van der Waals surface area (Å²) in [4.78, 5) is 10.7. The Hall–Kier alpha value is -3.00. The van der Waals surface area contributed by atoms with Gasteiger partial charge in [0, 0.05) is 5.56 Å². The molecule has 112 valence electrons. The topological polar surface area (TPSA) is 55.8 Å². The van der Waals surface area contributed by atoms with Crippen molar-refractivity contribution in [1.29, 1.82) is 0 Å². The van der Waals surface area contributed by atoms with Crippen molar-refractivity contribution in [2.45, 2.75) is 13.0 Å². The molecule has 0 radical (unpaired) electrons. The maximum absolute atomic E-state index is 13.8. The lowest BCUT2D eigenvalue weighted by molar-refractivity contribution is -0.144. The number of benzene rings is 2. The number of carboxylic acid groups (broad SMARTS) is 1. The number of halogens is 1. The van der Waals surface area contributed by atoms with E-state index in [9.17, 15) is 9.18 Å². The Morgan fingerprint density at radius 3 is 2.41 bits per heavy atom. The van der Waals surface area contributed by atoms with Gasteiger partial charge in [0.25, 0.3) is 0 Å². The number of aliphatic carboxylic acids is 1. The lowest BCUT2D eigenvalue weighted by Crippen LogP contribution is -2.22. The molecule has 22 heavy (non-hydrogen) atoms. The molecule has 2 aromatic carbocycles. The molecule has 0 aliphatic carbocycles. The minimum atomic E-state index is -1.06. The zero-order valence-corrected chi connectivity index (χ0v) is 11.7. The highest BCUT2D eigenvalue weighted by Gasteiger charge is 2.12. The van der Waals surface area contributed by atoms with Crippen LogP contribution in [-0.4, -0.2) is 17.2 Å². The summed E-state index contributed by atoms with van der Waals surface area (Å²) in [6, 6.07) is 10.4. The minimum absolute atomic E-state index is 0.0478. The highest BCUT2D eigenvalue weighted by atomic mass is 19.1. The summed E-state index contributed by atoms with van der Waals surface area (Å²) in [5.41, 5.74) is 0.427. The minimum Gasteiger partial charge on any atom is -0.479 e. The van der Waals surface area contributed by atoms with Gasteiger partial charge >= 0.3 is 5.97 Å². The first-order chi connectivity index (χ1) is 10.5. The first-order valence-electron chi connectivity index (χ1n) is 6.43. The molecule has 0 fully saturated rings. The third kappa shape index (κ3) is 3.76. The van der Waals surface area contributed by atoms with Crippen molar-refractivity contribution in [3.63, 3.8) is 0 Å². The third-order valence-electron chi connectivity index (χ3n) is 2.81. The van der Waals surface area contributed by atoms with Crippen molar-refractivity contribution in [3.8, 4) is 29.6 Å². The van der Waals surface area contributed by atoms with E-state index in [2.05, 4.69) is 5.92 Å². The lowest BCUT2D eigenvalue weighted by Gasteiger charge is -2.11. The molecule has 2 rings (SSSR count). The average molecular weight is 300 g/mol. The predicted molar refractivity (Wildman–Crippen MR) is 78.6 cm³/mol. The highest BCUT2D eigenvalue weighted by Crippen LogP contribution is 2.27. The largest absolute Gasteiger partial charge is 0.479 e. The van der Waals surface area contributed by atoms with E-state index in [1.54, 1.807) is 30.3 Å². The van der Waals surface area contributed by atoms with Crippen LogP contribution in [0, 0.1) is 18.2 Å². The van der Waals surface area contributed by atoms with Crippen LogP contribution in [0.2, 0.25) is 0 Å². The van der Waals surface area contributed by atoms with Gasteiger partial charge in [0.15, 0.2) is 17.7 Å². The van der Waals surface area contributed by atoms with Crippen LogP contribution in [0.5, 0.6) is 17.2 Å². The fraction of sp³-hybridized carbons (Fsp3) is 0.118. The Kier molecular flexibility index (Phi) is 4.64. The van der Waals surface area contributed by atoms with E-state index in [1.165, 1.54) is 19.1 Å². The van der Waals surface area contributed by atoms with Gasteiger partial charge in [0.2, 0.25) is 0 Å². The summed E-state index contributed by atoms with van der Waals surface area (Å²) in [5.74, 6) is 1.53. The van der Waals surface area contributed by atoms with Gasteiger partial charge in [-0.15, -0.1) is 6.42 Å². The zero-order chi connectivity index (χ0) is 16.1. The molecule has 2 aromatic rings. The summed E-state index contributed by atoms with van der Waals surface area (Å²) >= 11 is 0. The first kappa shape index (κ1) is 15.4. The molecule has 1 N–H and O–H groups in total. The number of rotatable bonds is 5. The molecule has 1 atom stereocenters. The summed E-state index contributed by atoms with van der Waals surface area (Å²) in [6.45, 7) is 1.43. The molecule has 0 saturated carbocycles. The number of hydrogen-bond donors (Lipinski definition) is 1. The van der Waals surface area contributed by atoms with Crippen molar-refractivity contribution in [2.75, 3.05) is 0 Å². The molecule has 0 aromatic heterocycles. The van der Waals surface area contributed by atoms with Crippen molar-refractivity contribution < 1.29 is 23.8 Å². The van der Waals surface area contributed by atoms with E-state index < -0.39 is 17.9 Å². The molecular weight excluding hydrogens is 287 g/mol. The quantitative estimate of drug-likeness (QED) is 0.859. The van der Waals surface area contributed by atoms with Crippen molar-refractivity contribution in [3.05, 3.63) is 53.8 Å². The SMILES string of the molecule is C#Cc1ccc(Oc2ccc(OC(C)C(=O)O)cc2)c(F)c1. The average Bonchev–Trinajstić information content (AvgIpc) is 2.51. The maximum Gasteiger partial charge on any atom is 0.344 e. The van der Waals surface area contributed by atoms with Crippen LogP contribution < -0.4 is 9.47 Å². The molecule has 1 unspecified atom stereocenters. The fourth-order valence-electron chi connectivity index (χ4n) is 1.64. The van der Waals surface area contributed by atoms with E-state index in [4.69, 9.17) is 21.0 Å². The lowest BCUT2D eigenvalue weighted by atomic mass is 10.2. The number of ether oxygens (including phenoxy) is 2. The fourth-order valence-corrected chi connectivity index (χ4v) is 1.64. The Morgan fingerprint density at radius 1 is 1.23 bits per heavy atom. The molecular formula is C17H13FO4. The van der Waals surface area contributed by atoms with E-state index in [0.717, 1.165) is 0 Å². The molecule has 0 heterocycles. The number of carboxylic acids is 1. The molecule has 0 saturated heterocycles. The Balaban J connectivity index is 2.08. The second-order valence-electron chi connectivity index (χ2n) is 4.46. The molecule has 0 bridgehead atoms. The number of hydrogen-bond acceptors (Lipinski definition) is 3. The Morgan fingerprint density at radius 2 is 1.86 bits per heavy atom. The predicted octanol–water partition coefficient (Wildman–Crippen LogP) is 3.45. The van der Waals surface area contributed by atoms with Crippen molar-refractivity contribution in [1.82, 2.24) is 0 Å². The molecule has 0 amide bonds. The zero-order valence-electron chi connectivity index (χ0n) is 11.7. The van der Waals surface area contributed by atoms with Crippen LogP contribution in [0.15, 0.2) is 42.5 Å². The number of terminal acetylenes is 1. The van der Waals surface area contributed by atoms with Crippen molar-refractivity contribution in [2.24, 2.45) is 0 Å². The van der Waals surface area contributed by atoms with Gasteiger partial charge in [0.1, 0.15) is 11.5 Å². The maximum atomic E-state index is 13.8. The first-order valence-corrected chi connectivity index (χ1v) is 6.43. The van der Waals surface area contributed by atoms with E-state index >= 15 is 0 Å². The van der Waals surface area contributed by atoms with E-state index in [0.29, 0.717) is 17.1 Å². The Labute approximate surface area is 127 Å². The van der Waals surface area contributed by atoms with Crippen LogP contribution >= 0.6 is 0 Å². The Bertz CT molecular complexity index is 716. The van der Waals surface area contributed by atoms with Crippen LogP contribution in [0.25, 0.3) is 0 Å². The molecule has 0 aliphatic rings. The molecule has 4 nitrogen and oxygen atoms in total. The van der Waals surface area contributed by atoms with Crippen molar-refractivity contribution >= 4 is 5.97 Å². The van der Waals surface area contributed by atoms with Gasteiger partial charge in [-0.2, -0.15) is 0 Å². The monoisotopic (exact) mass is 300 g/mol. The van der Waals surface area contributed by atoms with Crippen LogP contribution in [-0.2, 0) is 4.79 Å². The highest BCUT2D eigenvalue weighted by molar-refractivity contribution is 5.72. The third-order valence-corrected chi connectivity index (χ3v) is 2.81. The van der Waals surface area contributed by atoms with Crippen LogP contribution in [0.4, 0.5) is 4.39 Å². The summed E-state index contributed by atoms with van der Waals surface area (Å²) in [5, 5.41) is 8.76. The second-order valence-corrected chi connectivity index (χ2v) is 4.46. The van der Waals surface area contributed by atoms with Gasteiger partial charge in [0.05, 0.1) is 0 Å². The normalized spacial score (nSPS) is 11.3. The molecule has 0 aliphatic heterocycles. The smallest absolute Gasteiger partial charge is 0.344 e. The van der Waals surface area contributed by atoms with E-state index in [1.807, 2.05) is 0 Å². The summed E-state index contributed by atoms with van der Waals surface area (Å²) < 4.78 is 24.3. The van der Waals surface area contributed by atoms with Gasteiger partial charge in [-0.05, 0) is 49.4 Å². The second kappa shape index (κ2) is 6.64. The molecule has 5 heteroatoms. The van der Waals surface area contributed by atoms with Gasteiger partial charge < -0.3 is 14.6 Å². The van der Waals surface area contributed by atoms with Gasteiger partial charge in [-0.3, -0.25) is 0 Å². The molecule has 0 spiro atoms. The summed E-state index contributed by atoms with van der Waals surface area (Å²) in [7, 11) is 0.